The fourth-order valence-electron chi connectivity index (χ4n) is 4.97. The molecule has 2 unspecified atom stereocenters. The SMILES string of the molecule is CCC1(C2CCCCC2)CCCC1OC(=O)c1ccc(C)cc1. The van der Waals surface area contributed by atoms with E-state index in [9.17, 15) is 4.79 Å². The van der Waals surface area contributed by atoms with Crippen LogP contribution in [0.2, 0.25) is 0 Å². The first-order valence-corrected chi connectivity index (χ1v) is 9.43. The van der Waals surface area contributed by atoms with Crippen molar-refractivity contribution in [2.75, 3.05) is 0 Å². The van der Waals surface area contributed by atoms with Crippen LogP contribution in [0, 0.1) is 18.3 Å². The first kappa shape index (κ1) is 16.5. The van der Waals surface area contributed by atoms with Crippen LogP contribution in [-0.4, -0.2) is 12.1 Å². The lowest BCUT2D eigenvalue weighted by Gasteiger charge is -2.43. The monoisotopic (exact) mass is 314 g/mol. The fraction of sp³-hybridized carbons (Fsp3) is 0.667. The summed E-state index contributed by atoms with van der Waals surface area (Å²) in [6.45, 7) is 4.34. The van der Waals surface area contributed by atoms with Gasteiger partial charge in [-0.3, -0.25) is 0 Å². The third-order valence-electron chi connectivity index (χ3n) is 6.36. The van der Waals surface area contributed by atoms with Gasteiger partial charge in [-0.1, -0.05) is 43.9 Å². The van der Waals surface area contributed by atoms with Gasteiger partial charge in [0.05, 0.1) is 5.56 Å². The van der Waals surface area contributed by atoms with E-state index in [1.165, 1.54) is 50.5 Å². The normalized spacial score (nSPS) is 28.7. The van der Waals surface area contributed by atoms with Crippen LogP contribution in [0.3, 0.4) is 0 Å². The summed E-state index contributed by atoms with van der Waals surface area (Å²) in [7, 11) is 0. The summed E-state index contributed by atoms with van der Waals surface area (Å²) in [5.74, 6) is 0.616. The molecule has 23 heavy (non-hydrogen) atoms. The topological polar surface area (TPSA) is 26.3 Å². The van der Waals surface area contributed by atoms with Crippen LogP contribution in [0.15, 0.2) is 24.3 Å². The Morgan fingerprint density at radius 1 is 1.09 bits per heavy atom. The fourth-order valence-corrected chi connectivity index (χ4v) is 4.97. The maximum Gasteiger partial charge on any atom is 0.338 e. The Hall–Kier alpha value is -1.31. The smallest absolute Gasteiger partial charge is 0.338 e. The molecule has 2 aliphatic carbocycles. The summed E-state index contributed by atoms with van der Waals surface area (Å²) >= 11 is 0. The average molecular weight is 314 g/mol. The molecule has 2 aliphatic rings. The number of rotatable bonds is 4. The van der Waals surface area contributed by atoms with E-state index in [-0.39, 0.29) is 17.5 Å². The minimum atomic E-state index is -0.134. The highest BCUT2D eigenvalue weighted by Crippen LogP contribution is 2.53. The Morgan fingerprint density at radius 2 is 1.78 bits per heavy atom. The van der Waals surface area contributed by atoms with Gasteiger partial charge in [0.2, 0.25) is 0 Å². The van der Waals surface area contributed by atoms with Gasteiger partial charge in [0, 0.05) is 5.41 Å². The van der Waals surface area contributed by atoms with Crippen LogP contribution in [0.25, 0.3) is 0 Å². The number of carbonyl (C=O) groups excluding carboxylic acids is 1. The Kier molecular flexibility index (Phi) is 5.08. The lowest BCUT2D eigenvalue weighted by atomic mass is 9.65. The van der Waals surface area contributed by atoms with Gasteiger partial charge in [-0.2, -0.15) is 0 Å². The van der Waals surface area contributed by atoms with E-state index in [0.29, 0.717) is 5.56 Å². The summed E-state index contributed by atoms with van der Waals surface area (Å²) in [4.78, 5) is 12.6. The number of aryl methyl sites for hydroxylation is 1. The molecule has 126 valence electrons. The molecule has 2 atom stereocenters. The third kappa shape index (κ3) is 3.32. The molecular weight excluding hydrogens is 284 g/mol. The molecule has 0 spiro atoms. The van der Waals surface area contributed by atoms with Gasteiger partial charge in [0.15, 0.2) is 0 Å². The molecule has 1 aromatic carbocycles. The minimum absolute atomic E-state index is 0.115. The summed E-state index contributed by atoms with van der Waals surface area (Å²) in [5, 5.41) is 0. The van der Waals surface area contributed by atoms with E-state index < -0.39 is 0 Å². The zero-order chi connectivity index (χ0) is 16.3. The molecule has 0 N–H and O–H groups in total. The quantitative estimate of drug-likeness (QED) is 0.668. The van der Waals surface area contributed by atoms with Crippen LogP contribution < -0.4 is 0 Å². The molecule has 2 fully saturated rings. The standard InChI is InChI=1S/C21H30O2/c1-3-21(18-8-5-4-6-9-18)15-7-10-19(21)23-20(22)17-13-11-16(2)12-14-17/h11-14,18-19H,3-10,15H2,1-2H3. The molecule has 0 saturated heterocycles. The molecule has 0 radical (unpaired) electrons. The Balaban J connectivity index is 1.74. The highest BCUT2D eigenvalue weighted by atomic mass is 16.5. The average Bonchev–Trinajstić information content (AvgIpc) is 3.00. The maximum absolute atomic E-state index is 12.6. The van der Waals surface area contributed by atoms with Crippen LogP contribution in [-0.2, 0) is 4.74 Å². The summed E-state index contributed by atoms with van der Waals surface area (Å²) < 4.78 is 6.06. The van der Waals surface area contributed by atoms with E-state index in [4.69, 9.17) is 4.74 Å². The molecular formula is C21H30O2. The second-order valence-electron chi connectivity index (χ2n) is 7.57. The summed E-state index contributed by atoms with van der Waals surface area (Å²) in [5.41, 5.74) is 2.10. The number of esters is 1. The number of hydrogen-bond acceptors (Lipinski definition) is 2. The van der Waals surface area contributed by atoms with Crippen molar-refractivity contribution in [1.29, 1.82) is 0 Å². The van der Waals surface area contributed by atoms with Gasteiger partial charge in [-0.05, 0) is 63.5 Å². The van der Waals surface area contributed by atoms with Gasteiger partial charge >= 0.3 is 5.97 Å². The predicted octanol–water partition coefficient (Wildman–Crippen LogP) is 5.68. The van der Waals surface area contributed by atoms with E-state index >= 15 is 0 Å². The predicted molar refractivity (Wildman–Crippen MR) is 93.5 cm³/mol. The number of carbonyl (C=O) groups is 1. The van der Waals surface area contributed by atoms with Crippen LogP contribution in [0.1, 0.15) is 80.6 Å². The lowest BCUT2D eigenvalue weighted by molar-refractivity contribution is -0.0384. The molecule has 0 heterocycles. The van der Waals surface area contributed by atoms with Gasteiger partial charge in [0.25, 0.3) is 0 Å². The van der Waals surface area contributed by atoms with Gasteiger partial charge in [-0.15, -0.1) is 0 Å². The van der Waals surface area contributed by atoms with Crippen molar-refractivity contribution in [3.63, 3.8) is 0 Å². The Morgan fingerprint density at radius 3 is 2.43 bits per heavy atom. The number of ether oxygens (including phenoxy) is 1. The van der Waals surface area contributed by atoms with Gasteiger partial charge in [-0.25, -0.2) is 4.79 Å². The van der Waals surface area contributed by atoms with E-state index in [2.05, 4.69) is 6.92 Å². The zero-order valence-electron chi connectivity index (χ0n) is 14.6. The largest absolute Gasteiger partial charge is 0.458 e. The molecule has 3 rings (SSSR count). The summed E-state index contributed by atoms with van der Waals surface area (Å²) in [6.07, 6.45) is 11.5. The van der Waals surface area contributed by atoms with Gasteiger partial charge < -0.3 is 4.74 Å². The first-order valence-electron chi connectivity index (χ1n) is 9.43. The first-order chi connectivity index (χ1) is 11.2. The second-order valence-corrected chi connectivity index (χ2v) is 7.57. The lowest BCUT2D eigenvalue weighted by Crippen LogP contribution is -2.41. The van der Waals surface area contributed by atoms with Crippen molar-refractivity contribution < 1.29 is 9.53 Å². The van der Waals surface area contributed by atoms with Crippen molar-refractivity contribution in [2.45, 2.75) is 77.7 Å². The molecule has 2 heteroatoms. The molecule has 2 saturated carbocycles. The molecule has 0 aliphatic heterocycles. The molecule has 0 aromatic heterocycles. The summed E-state index contributed by atoms with van der Waals surface area (Å²) in [6, 6.07) is 7.75. The highest BCUT2D eigenvalue weighted by Gasteiger charge is 2.49. The Bertz CT molecular complexity index is 527. The third-order valence-corrected chi connectivity index (χ3v) is 6.36. The Labute approximate surface area is 140 Å². The zero-order valence-corrected chi connectivity index (χ0v) is 14.6. The molecule has 0 amide bonds. The van der Waals surface area contributed by atoms with Crippen molar-refractivity contribution in [2.24, 2.45) is 11.3 Å². The number of hydrogen-bond donors (Lipinski definition) is 0. The van der Waals surface area contributed by atoms with Crippen molar-refractivity contribution in [3.8, 4) is 0 Å². The van der Waals surface area contributed by atoms with Gasteiger partial charge in [0.1, 0.15) is 6.10 Å². The highest BCUT2D eigenvalue weighted by molar-refractivity contribution is 5.89. The van der Waals surface area contributed by atoms with E-state index in [0.717, 1.165) is 18.8 Å². The molecule has 0 bridgehead atoms. The van der Waals surface area contributed by atoms with Crippen LogP contribution in [0.5, 0.6) is 0 Å². The molecule has 2 nitrogen and oxygen atoms in total. The second kappa shape index (κ2) is 7.07. The van der Waals surface area contributed by atoms with E-state index in [1.54, 1.807) is 0 Å². The van der Waals surface area contributed by atoms with Crippen molar-refractivity contribution in [3.05, 3.63) is 35.4 Å². The minimum Gasteiger partial charge on any atom is -0.458 e. The number of benzene rings is 1. The maximum atomic E-state index is 12.6. The van der Waals surface area contributed by atoms with Crippen LogP contribution >= 0.6 is 0 Å². The van der Waals surface area contributed by atoms with Crippen LogP contribution in [0.4, 0.5) is 0 Å². The molecule has 1 aromatic rings. The van der Waals surface area contributed by atoms with Crippen molar-refractivity contribution >= 4 is 5.97 Å². The van der Waals surface area contributed by atoms with E-state index in [1.807, 2.05) is 31.2 Å². The van der Waals surface area contributed by atoms with Crippen molar-refractivity contribution in [1.82, 2.24) is 0 Å².